The maximum Gasteiger partial charge on any atom is 0.237 e. The first kappa shape index (κ1) is 10.5. The Labute approximate surface area is 78.5 Å². The summed E-state index contributed by atoms with van der Waals surface area (Å²) in [6.07, 6.45) is 1.09. The number of aliphatic hydroxyl groups is 1. The lowest BCUT2D eigenvalue weighted by Gasteiger charge is -2.33. The fourth-order valence-electron chi connectivity index (χ4n) is 1.31. The van der Waals surface area contributed by atoms with E-state index in [9.17, 15) is 4.79 Å². The summed E-state index contributed by atoms with van der Waals surface area (Å²) in [6.45, 7) is 3.83. The largest absolute Gasteiger partial charge is 0.393 e. The molecular weight excluding hydrogens is 168 g/mol. The van der Waals surface area contributed by atoms with E-state index in [1.807, 2.05) is 13.8 Å². The minimum Gasteiger partial charge on any atom is -0.393 e. The Morgan fingerprint density at radius 3 is 2.46 bits per heavy atom. The molecule has 76 valence electrons. The summed E-state index contributed by atoms with van der Waals surface area (Å²) in [5, 5.41) is 11.8. The minimum absolute atomic E-state index is 0.105. The van der Waals surface area contributed by atoms with Crippen molar-refractivity contribution in [2.24, 2.45) is 11.7 Å². The molecule has 0 aromatic carbocycles. The van der Waals surface area contributed by atoms with Crippen LogP contribution in [0.1, 0.15) is 26.7 Å². The fraction of sp³-hybridized carbons (Fsp3) is 0.889. The molecule has 0 bridgehead atoms. The monoisotopic (exact) mass is 186 g/mol. The van der Waals surface area contributed by atoms with E-state index in [-0.39, 0.29) is 24.0 Å². The number of aliphatic hydroxyl groups excluding tert-OH is 1. The second-order valence-corrected chi connectivity index (χ2v) is 4.10. The predicted octanol–water partition coefficient (Wildman–Crippen LogP) is -0.391. The van der Waals surface area contributed by atoms with Crippen LogP contribution >= 0.6 is 0 Å². The highest BCUT2D eigenvalue weighted by Gasteiger charge is 2.30. The van der Waals surface area contributed by atoms with E-state index in [1.165, 1.54) is 0 Å². The number of nitrogens with one attached hydrogen (secondary N) is 1. The molecule has 0 radical (unpaired) electrons. The summed E-state index contributed by atoms with van der Waals surface area (Å²) in [6, 6.07) is -0.301. The molecule has 1 aliphatic rings. The fourth-order valence-corrected chi connectivity index (χ4v) is 1.31. The van der Waals surface area contributed by atoms with Crippen LogP contribution in [0.5, 0.6) is 0 Å². The molecule has 0 aromatic heterocycles. The second kappa shape index (κ2) is 4.07. The van der Waals surface area contributed by atoms with E-state index in [2.05, 4.69) is 5.32 Å². The van der Waals surface area contributed by atoms with Gasteiger partial charge in [0.05, 0.1) is 12.1 Å². The first-order valence-corrected chi connectivity index (χ1v) is 4.74. The molecule has 4 nitrogen and oxygen atoms in total. The van der Waals surface area contributed by atoms with E-state index in [1.54, 1.807) is 0 Å². The number of rotatable bonds is 3. The molecule has 1 unspecified atom stereocenters. The molecule has 0 saturated heterocycles. The highest BCUT2D eigenvalue weighted by Crippen LogP contribution is 2.19. The van der Waals surface area contributed by atoms with Crippen molar-refractivity contribution in [3.05, 3.63) is 0 Å². The number of hydrogen-bond donors (Lipinski definition) is 3. The number of carbonyl (C=O) groups is 1. The third kappa shape index (κ3) is 2.67. The molecule has 1 atom stereocenters. The molecule has 13 heavy (non-hydrogen) atoms. The Bertz CT molecular complexity index is 188. The number of carbonyl (C=O) groups excluding carboxylic acids is 1. The summed E-state index contributed by atoms with van der Waals surface area (Å²) in [4.78, 5) is 11.4. The maximum atomic E-state index is 11.4. The molecule has 1 rings (SSSR count). The molecule has 0 aromatic rings. The van der Waals surface area contributed by atoms with Crippen LogP contribution in [-0.4, -0.2) is 29.2 Å². The average molecular weight is 186 g/mol. The number of hydrogen-bond acceptors (Lipinski definition) is 3. The summed E-state index contributed by atoms with van der Waals surface area (Å²) in [5.74, 6) is 0.0527. The lowest BCUT2D eigenvalue weighted by Crippen LogP contribution is -2.53. The molecular formula is C9H18N2O2. The van der Waals surface area contributed by atoms with Gasteiger partial charge in [0.15, 0.2) is 0 Å². The Morgan fingerprint density at radius 1 is 1.54 bits per heavy atom. The Kier molecular flexibility index (Phi) is 3.27. The lowest BCUT2D eigenvalue weighted by molar-refractivity contribution is -0.125. The van der Waals surface area contributed by atoms with E-state index in [0.717, 1.165) is 0 Å². The van der Waals surface area contributed by atoms with Gasteiger partial charge in [0.1, 0.15) is 0 Å². The van der Waals surface area contributed by atoms with Gasteiger partial charge < -0.3 is 16.2 Å². The quantitative estimate of drug-likeness (QED) is 0.562. The highest BCUT2D eigenvalue weighted by atomic mass is 16.3. The van der Waals surface area contributed by atoms with Crippen LogP contribution in [0, 0.1) is 5.92 Å². The molecule has 1 fully saturated rings. The van der Waals surface area contributed by atoms with E-state index in [0.29, 0.717) is 12.8 Å². The van der Waals surface area contributed by atoms with Crippen molar-refractivity contribution in [2.75, 3.05) is 0 Å². The first-order chi connectivity index (χ1) is 6.00. The minimum atomic E-state index is -0.433. The van der Waals surface area contributed by atoms with E-state index >= 15 is 0 Å². The van der Waals surface area contributed by atoms with Gasteiger partial charge in [-0.15, -0.1) is 0 Å². The molecule has 1 saturated carbocycles. The molecule has 0 heterocycles. The van der Waals surface area contributed by atoms with Crippen molar-refractivity contribution >= 4 is 5.91 Å². The molecule has 4 N–H and O–H groups in total. The molecule has 1 amide bonds. The molecule has 4 heteroatoms. The van der Waals surface area contributed by atoms with Crippen LogP contribution in [0.4, 0.5) is 0 Å². The van der Waals surface area contributed by atoms with Crippen molar-refractivity contribution in [3.63, 3.8) is 0 Å². The smallest absolute Gasteiger partial charge is 0.237 e. The van der Waals surface area contributed by atoms with Crippen LogP contribution in [0.15, 0.2) is 0 Å². The summed E-state index contributed by atoms with van der Waals surface area (Å²) in [7, 11) is 0. The predicted molar refractivity (Wildman–Crippen MR) is 50.0 cm³/mol. The Hall–Kier alpha value is -0.610. The first-order valence-electron chi connectivity index (χ1n) is 4.74. The SMILES string of the molecule is CC(C)C(N)C(=O)NC1CC(O)C1. The van der Waals surface area contributed by atoms with Crippen LogP contribution in [0.2, 0.25) is 0 Å². The van der Waals surface area contributed by atoms with Crippen molar-refractivity contribution in [1.29, 1.82) is 0 Å². The zero-order valence-electron chi connectivity index (χ0n) is 8.16. The molecule has 1 aliphatic carbocycles. The summed E-state index contributed by atoms with van der Waals surface area (Å²) in [5.41, 5.74) is 5.65. The lowest BCUT2D eigenvalue weighted by atomic mass is 9.89. The average Bonchev–Trinajstić information content (AvgIpc) is 2.00. The number of nitrogens with two attached hydrogens (primary N) is 1. The summed E-state index contributed by atoms with van der Waals surface area (Å²) >= 11 is 0. The summed E-state index contributed by atoms with van der Waals surface area (Å²) < 4.78 is 0. The molecule has 0 spiro atoms. The second-order valence-electron chi connectivity index (χ2n) is 4.10. The number of amides is 1. The third-order valence-electron chi connectivity index (χ3n) is 2.48. The van der Waals surface area contributed by atoms with Crippen LogP contribution < -0.4 is 11.1 Å². The van der Waals surface area contributed by atoms with Gasteiger partial charge in [-0.3, -0.25) is 4.79 Å². The molecule has 0 aliphatic heterocycles. The van der Waals surface area contributed by atoms with Gasteiger partial charge in [-0.1, -0.05) is 13.8 Å². The van der Waals surface area contributed by atoms with Crippen molar-refractivity contribution in [3.8, 4) is 0 Å². The van der Waals surface area contributed by atoms with E-state index in [4.69, 9.17) is 10.8 Å². The van der Waals surface area contributed by atoms with Gasteiger partial charge in [-0.05, 0) is 18.8 Å². The Morgan fingerprint density at radius 2 is 2.08 bits per heavy atom. The van der Waals surface area contributed by atoms with Gasteiger partial charge >= 0.3 is 0 Å². The van der Waals surface area contributed by atoms with Crippen molar-refractivity contribution in [2.45, 2.75) is 44.9 Å². The zero-order valence-corrected chi connectivity index (χ0v) is 8.16. The van der Waals surface area contributed by atoms with Crippen molar-refractivity contribution < 1.29 is 9.90 Å². The standard InChI is InChI=1S/C9H18N2O2/c1-5(2)8(10)9(13)11-6-3-7(12)4-6/h5-8,12H,3-4,10H2,1-2H3,(H,11,13). The van der Waals surface area contributed by atoms with Crippen LogP contribution in [0.25, 0.3) is 0 Å². The normalized spacial score (nSPS) is 29.6. The van der Waals surface area contributed by atoms with E-state index < -0.39 is 6.04 Å². The van der Waals surface area contributed by atoms with Crippen LogP contribution in [0.3, 0.4) is 0 Å². The topological polar surface area (TPSA) is 75.4 Å². The van der Waals surface area contributed by atoms with Gasteiger partial charge in [-0.25, -0.2) is 0 Å². The van der Waals surface area contributed by atoms with Gasteiger partial charge in [0.2, 0.25) is 5.91 Å². The third-order valence-corrected chi connectivity index (χ3v) is 2.48. The van der Waals surface area contributed by atoms with Gasteiger partial charge in [-0.2, -0.15) is 0 Å². The van der Waals surface area contributed by atoms with Gasteiger partial charge in [0.25, 0.3) is 0 Å². The highest BCUT2D eigenvalue weighted by molar-refractivity contribution is 5.82. The van der Waals surface area contributed by atoms with Crippen LogP contribution in [-0.2, 0) is 4.79 Å². The maximum absolute atomic E-state index is 11.4. The zero-order chi connectivity index (χ0) is 10.0. The van der Waals surface area contributed by atoms with Gasteiger partial charge in [0, 0.05) is 6.04 Å². The van der Waals surface area contributed by atoms with Crippen molar-refractivity contribution in [1.82, 2.24) is 5.32 Å². The Balaban J connectivity index is 2.25.